The second kappa shape index (κ2) is 4.72. The quantitative estimate of drug-likeness (QED) is 0.456. The van der Waals surface area contributed by atoms with E-state index in [-0.39, 0.29) is 18.9 Å². The first-order valence-corrected chi connectivity index (χ1v) is 4.20. The lowest BCUT2D eigenvalue weighted by atomic mass is 10.3. The van der Waals surface area contributed by atoms with Gasteiger partial charge >= 0.3 is 0 Å². The molecule has 1 saturated heterocycles. The standard InChI is InChI=1S/C6H13N2O3P/c7-6-2-8(12)1-5(11-6)3-10-4-9/h4-6H,1-3,7,12H2. The molecular weight excluding hydrogens is 179 g/mol. The summed E-state index contributed by atoms with van der Waals surface area (Å²) in [6.07, 6.45) is -0.409. The van der Waals surface area contributed by atoms with Gasteiger partial charge in [-0.1, -0.05) is 9.39 Å². The fourth-order valence-corrected chi connectivity index (χ4v) is 1.58. The first-order valence-electron chi connectivity index (χ1n) is 3.68. The van der Waals surface area contributed by atoms with Crippen LogP contribution >= 0.6 is 9.39 Å². The molecule has 0 spiro atoms. The lowest BCUT2D eigenvalue weighted by molar-refractivity contribution is -0.138. The van der Waals surface area contributed by atoms with Crippen LogP contribution in [-0.2, 0) is 14.3 Å². The van der Waals surface area contributed by atoms with E-state index in [9.17, 15) is 4.79 Å². The van der Waals surface area contributed by atoms with Crippen molar-refractivity contribution in [2.24, 2.45) is 5.73 Å². The molecule has 0 saturated carbocycles. The normalized spacial score (nSPS) is 31.5. The van der Waals surface area contributed by atoms with Gasteiger partial charge in [-0.15, -0.1) is 0 Å². The van der Waals surface area contributed by atoms with Crippen LogP contribution in [0.5, 0.6) is 0 Å². The lowest BCUT2D eigenvalue weighted by Gasteiger charge is -2.33. The lowest BCUT2D eigenvalue weighted by Crippen LogP contribution is -2.48. The van der Waals surface area contributed by atoms with Crippen LogP contribution < -0.4 is 5.73 Å². The molecule has 1 rings (SSSR count). The van der Waals surface area contributed by atoms with Gasteiger partial charge in [-0.2, -0.15) is 0 Å². The third-order valence-corrected chi connectivity index (χ3v) is 1.99. The Hall–Kier alpha value is -0.220. The summed E-state index contributed by atoms with van der Waals surface area (Å²) in [6, 6.07) is 0. The second-order valence-corrected chi connectivity index (χ2v) is 3.41. The van der Waals surface area contributed by atoms with Crippen molar-refractivity contribution in [3.63, 3.8) is 0 Å². The van der Waals surface area contributed by atoms with E-state index in [1.807, 2.05) is 4.67 Å². The molecule has 70 valence electrons. The largest absolute Gasteiger partial charge is 0.465 e. The monoisotopic (exact) mass is 192 g/mol. The molecule has 0 aliphatic carbocycles. The molecule has 5 nitrogen and oxygen atoms in total. The summed E-state index contributed by atoms with van der Waals surface area (Å²) in [7, 11) is 2.55. The van der Waals surface area contributed by atoms with Gasteiger partial charge in [-0.25, -0.2) is 0 Å². The highest BCUT2D eigenvalue weighted by Crippen LogP contribution is 2.11. The van der Waals surface area contributed by atoms with Gasteiger partial charge < -0.3 is 15.2 Å². The molecule has 0 radical (unpaired) electrons. The number of nitrogens with zero attached hydrogens (tertiary/aromatic N) is 1. The fraction of sp³-hybridized carbons (Fsp3) is 0.833. The van der Waals surface area contributed by atoms with E-state index in [2.05, 4.69) is 14.1 Å². The highest BCUT2D eigenvalue weighted by Gasteiger charge is 2.23. The molecule has 3 atom stereocenters. The number of rotatable bonds is 3. The minimum atomic E-state index is -0.295. The van der Waals surface area contributed by atoms with Crippen LogP contribution in [0.2, 0.25) is 0 Å². The maximum absolute atomic E-state index is 9.88. The summed E-state index contributed by atoms with van der Waals surface area (Å²) in [6.45, 7) is 2.08. The van der Waals surface area contributed by atoms with Gasteiger partial charge in [0.2, 0.25) is 0 Å². The molecule has 0 amide bonds. The van der Waals surface area contributed by atoms with E-state index in [0.29, 0.717) is 19.6 Å². The molecule has 1 fully saturated rings. The highest BCUT2D eigenvalue weighted by molar-refractivity contribution is 7.13. The van der Waals surface area contributed by atoms with Crippen molar-refractivity contribution in [3.05, 3.63) is 0 Å². The fourth-order valence-electron chi connectivity index (χ4n) is 1.14. The first-order chi connectivity index (χ1) is 5.72. The van der Waals surface area contributed by atoms with Gasteiger partial charge in [-0.05, 0) is 0 Å². The van der Waals surface area contributed by atoms with Crippen LogP contribution in [0.15, 0.2) is 0 Å². The number of hydrogen-bond donors (Lipinski definition) is 1. The topological polar surface area (TPSA) is 64.8 Å². The van der Waals surface area contributed by atoms with Crippen molar-refractivity contribution in [1.29, 1.82) is 0 Å². The predicted octanol–water partition coefficient (Wildman–Crippen LogP) is -1.06. The van der Waals surface area contributed by atoms with Gasteiger partial charge in [0, 0.05) is 13.1 Å². The third-order valence-electron chi connectivity index (χ3n) is 1.57. The molecule has 0 aromatic rings. The Labute approximate surface area is 73.4 Å². The Kier molecular flexibility index (Phi) is 3.88. The maximum atomic E-state index is 9.88. The molecule has 0 aromatic heterocycles. The third kappa shape index (κ3) is 3.03. The summed E-state index contributed by atoms with van der Waals surface area (Å²) < 4.78 is 11.8. The first kappa shape index (κ1) is 9.86. The summed E-state index contributed by atoms with van der Waals surface area (Å²) in [5.41, 5.74) is 5.57. The second-order valence-electron chi connectivity index (χ2n) is 2.68. The van der Waals surface area contributed by atoms with Crippen LogP contribution in [0.1, 0.15) is 0 Å². The van der Waals surface area contributed by atoms with E-state index >= 15 is 0 Å². The summed E-state index contributed by atoms with van der Waals surface area (Å²) in [4.78, 5) is 9.88. The van der Waals surface area contributed by atoms with Crippen LogP contribution in [0.3, 0.4) is 0 Å². The van der Waals surface area contributed by atoms with Gasteiger partial charge in [-0.3, -0.25) is 9.46 Å². The molecule has 1 aliphatic heterocycles. The van der Waals surface area contributed by atoms with Crippen molar-refractivity contribution < 1.29 is 14.3 Å². The summed E-state index contributed by atoms with van der Waals surface area (Å²) >= 11 is 0. The summed E-state index contributed by atoms with van der Waals surface area (Å²) in [5, 5.41) is 0. The average molecular weight is 192 g/mol. The van der Waals surface area contributed by atoms with E-state index in [1.165, 1.54) is 0 Å². The molecule has 3 unspecified atom stereocenters. The number of morpholine rings is 1. The number of hydrogen-bond acceptors (Lipinski definition) is 5. The highest BCUT2D eigenvalue weighted by atomic mass is 31.0. The van der Waals surface area contributed by atoms with Gasteiger partial charge in [0.25, 0.3) is 6.47 Å². The average Bonchev–Trinajstić information content (AvgIpc) is 1.99. The maximum Gasteiger partial charge on any atom is 0.293 e. The molecule has 0 aromatic carbocycles. The van der Waals surface area contributed by atoms with Crippen molar-refractivity contribution >= 4 is 15.9 Å². The van der Waals surface area contributed by atoms with Crippen LogP contribution in [0.25, 0.3) is 0 Å². The van der Waals surface area contributed by atoms with Crippen molar-refractivity contribution in [1.82, 2.24) is 4.67 Å². The summed E-state index contributed by atoms with van der Waals surface area (Å²) in [5.74, 6) is 0. The van der Waals surface area contributed by atoms with E-state index in [0.717, 1.165) is 0 Å². The van der Waals surface area contributed by atoms with Crippen LogP contribution in [-0.4, -0.2) is 43.2 Å². The molecule has 0 bridgehead atoms. The molecular formula is C6H13N2O3P. The Morgan fingerprint density at radius 3 is 3.08 bits per heavy atom. The number of ether oxygens (including phenoxy) is 2. The zero-order valence-corrected chi connectivity index (χ0v) is 7.83. The molecule has 6 heteroatoms. The zero-order valence-electron chi connectivity index (χ0n) is 6.68. The van der Waals surface area contributed by atoms with Crippen molar-refractivity contribution in [2.45, 2.75) is 12.3 Å². The Morgan fingerprint density at radius 1 is 1.75 bits per heavy atom. The SMILES string of the molecule is NC1CN(P)CC(COC=O)O1. The number of carbonyl (C=O) groups is 1. The Bertz CT molecular complexity index is 148. The molecule has 12 heavy (non-hydrogen) atoms. The zero-order chi connectivity index (χ0) is 8.97. The van der Waals surface area contributed by atoms with Gasteiger partial charge in [0.1, 0.15) is 18.9 Å². The molecule has 2 N–H and O–H groups in total. The van der Waals surface area contributed by atoms with E-state index in [4.69, 9.17) is 10.5 Å². The van der Waals surface area contributed by atoms with Crippen LogP contribution in [0.4, 0.5) is 0 Å². The van der Waals surface area contributed by atoms with Gasteiger partial charge in [0.05, 0.1) is 0 Å². The van der Waals surface area contributed by atoms with Crippen molar-refractivity contribution in [3.8, 4) is 0 Å². The predicted molar refractivity (Wildman–Crippen MR) is 46.1 cm³/mol. The minimum Gasteiger partial charge on any atom is -0.465 e. The van der Waals surface area contributed by atoms with Crippen molar-refractivity contribution in [2.75, 3.05) is 19.7 Å². The number of carbonyl (C=O) groups excluding carboxylic acids is 1. The van der Waals surface area contributed by atoms with Gasteiger partial charge in [0.15, 0.2) is 0 Å². The Morgan fingerprint density at radius 2 is 2.50 bits per heavy atom. The van der Waals surface area contributed by atoms with E-state index < -0.39 is 0 Å². The molecule has 1 aliphatic rings. The number of nitrogens with two attached hydrogens (primary N) is 1. The Balaban J connectivity index is 2.28. The minimum absolute atomic E-state index is 0.114. The van der Waals surface area contributed by atoms with E-state index in [1.54, 1.807) is 0 Å². The van der Waals surface area contributed by atoms with Crippen LogP contribution in [0, 0.1) is 0 Å². The molecule has 1 heterocycles. The smallest absolute Gasteiger partial charge is 0.293 e.